The maximum atomic E-state index is 12.8. The zero-order chi connectivity index (χ0) is 19.0. The summed E-state index contributed by atoms with van der Waals surface area (Å²) in [4.78, 5) is 39.9. The van der Waals surface area contributed by atoms with Crippen molar-refractivity contribution in [1.29, 1.82) is 0 Å². The van der Waals surface area contributed by atoms with Crippen molar-refractivity contribution in [2.75, 3.05) is 23.9 Å². The number of benzene rings is 1. The van der Waals surface area contributed by atoms with Gasteiger partial charge in [-0.2, -0.15) is 0 Å². The number of barbiturate groups is 1. The van der Waals surface area contributed by atoms with Crippen LogP contribution in [-0.4, -0.2) is 31.9 Å². The quantitative estimate of drug-likeness (QED) is 0.677. The number of amides is 4. The number of hydrogen-bond donors (Lipinski definition) is 1. The van der Waals surface area contributed by atoms with Gasteiger partial charge in [0.05, 0.1) is 5.69 Å². The SMILES string of the molecule is Cc1ccc(N2C(=O)NC(=O)C(=Cc3ccc(N(C)C)o3)C2=O)cc1C. The van der Waals surface area contributed by atoms with Gasteiger partial charge in [-0.1, -0.05) is 6.07 Å². The van der Waals surface area contributed by atoms with Crippen molar-refractivity contribution in [3.05, 3.63) is 52.8 Å². The van der Waals surface area contributed by atoms with Crippen LogP contribution in [0, 0.1) is 13.8 Å². The number of furan rings is 1. The van der Waals surface area contributed by atoms with Gasteiger partial charge in [0.2, 0.25) is 0 Å². The summed E-state index contributed by atoms with van der Waals surface area (Å²) in [6.07, 6.45) is 1.34. The average molecular weight is 353 g/mol. The van der Waals surface area contributed by atoms with E-state index < -0.39 is 17.8 Å². The number of imide groups is 2. The number of carbonyl (C=O) groups excluding carboxylic acids is 3. The maximum absolute atomic E-state index is 12.8. The monoisotopic (exact) mass is 353 g/mol. The summed E-state index contributed by atoms with van der Waals surface area (Å²) in [5, 5.41) is 2.20. The molecule has 0 radical (unpaired) electrons. The molecular weight excluding hydrogens is 334 g/mol. The molecule has 1 aliphatic rings. The largest absolute Gasteiger partial charge is 0.441 e. The molecule has 4 amide bonds. The number of nitrogens with zero attached hydrogens (tertiary/aromatic N) is 2. The Hall–Kier alpha value is -3.35. The highest BCUT2D eigenvalue weighted by Gasteiger charge is 2.37. The lowest BCUT2D eigenvalue weighted by atomic mass is 10.1. The van der Waals surface area contributed by atoms with Gasteiger partial charge in [0, 0.05) is 20.2 Å². The van der Waals surface area contributed by atoms with Gasteiger partial charge in [-0.15, -0.1) is 0 Å². The molecule has 1 aromatic carbocycles. The van der Waals surface area contributed by atoms with Crippen molar-refractivity contribution in [2.24, 2.45) is 0 Å². The van der Waals surface area contributed by atoms with Crippen molar-refractivity contribution in [3.8, 4) is 0 Å². The molecule has 1 aromatic heterocycles. The zero-order valence-electron chi connectivity index (χ0n) is 15.0. The van der Waals surface area contributed by atoms with Gasteiger partial charge < -0.3 is 9.32 Å². The first-order valence-corrected chi connectivity index (χ1v) is 8.04. The molecule has 0 bridgehead atoms. The number of urea groups is 1. The molecule has 26 heavy (non-hydrogen) atoms. The smallest absolute Gasteiger partial charge is 0.335 e. The van der Waals surface area contributed by atoms with E-state index in [2.05, 4.69) is 5.32 Å². The van der Waals surface area contributed by atoms with Crippen LogP contribution >= 0.6 is 0 Å². The van der Waals surface area contributed by atoms with Gasteiger partial charge in [-0.05, 0) is 49.2 Å². The molecule has 2 aromatic rings. The second-order valence-electron chi connectivity index (χ2n) is 6.30. The number of nitrogens with one attached hydrogen (secondary N) is 1. The minimum atomic E-state index is -0.770. The molecule has 0 saturated carbocycles. The van der Waals surface area contributed by atoms with E-state index >= 15 is 0 Å². The predicted molar refractivity (Wildman–Crippen MR) is 98.0 cm³/mol. The molecule has 1 saturated heterocycles. The Kier molecular flexibility index (Phi) is 4.38. The zero-order valence-corrected chi connectivity index (χ0v) is 15.0. The van der Waals surface area contributed by atoms with Crippen LogP contribution < -0.4 is 15.1 Å². The van der Waals surface area contributed by atoms with Crippen molar-refractivity contribution in [1.82, 2.24) is 5.32 Å². The molecule has 0 spiro atoms. The third kappa shape index (κ3) is 3.11. The Morgan fingerprint density at radius 1 is 1.04 bits per heavy atom. The molecule has 0 aliphatic carbocycles. The van der Waals surface area contributed by atoms with Crippen LogP contribution in [-0.2, 0) is 9.59 Å². The summed E-state index contributed by atoms with van der Waals surface area (Å²) in [7, 11) is 3.63. The molecule has 1 N–H and O–H groups in total. The second kappa shape index (κ2) is 6.51. The van der Waals surface area contributed by atoms with E-state index in [-0.39, 0.29) is 5.57 Å². The van der Waals surface area contributed by atoms with Gasteiger partial charge in [0.15, 0.2) is 5.88 Å². The van der Waals surface area contributed by atoms with Crippen LogP contribution in [0.5, 0.6) is 0 Å². The molecule has 1 fully saturated rings. The molecule has 7 heteroatoms. The summed E-state index contributed by atoms with van der Waals surface area (Å²) < 4.78 is 5.56. The van der Waals surface area contributed by atoms with Crippen LogP contribution in [0.15, 0.2) is 40.3 Å². The third-order valence-electron chi connectivity index (χ3n) is 4.19. The first-order chi connectivity index (χ1) is 12.3. The Morgan fingerprint density at radius 3 is 2.38 bits per heavy atom. The van der Waals surface area contributed by atoms with Gasteiger partial charge in [-0.25, -0.2) is 9.69 Å². The molecule has 1 aliphatic heterocycles. The predicted octanol–water partition coefficient (Wildman–Crippen LogP) is 2.63. The highest BCUT2D eigenvalue weighted by atomic mass is 16.4. The fourth-order valence-electron chi connectivity index (χ4n) is 2.56. The summed E-state index contributed by atoms with van der Waals surface area (Å²) in [5.41, 5.74) is 2.22. The number of carbonyl (C=O) groups is 3. The number of hydrogen-bond acceptors (Lipinski definition) is 5. The van der Waals surface area contributed by atoms with E-state index in [9.17, 15) is 14.4 Å². The van der Waals surface area contributed by atoms with Crippen molar-refractivity contribution in [2.45, 2.75) is 13.8 Å². The van der Waals surface area contributed by atoms with Crippen LogP contribution in [0.2, 0.25) is 0 Å². The van der Waals surface area contributed by atoms with E-state index in [0.29, 0.717) is 17.3 Å². The molecule has 2 heterocycles. The highest BCUT2D eigenvalue weighted by molar-refractivity contribution is 6.39. The first-order valence-electron chi connectivity index (χ1n) is 8.04. The number of anilines is 2. The lowest BCUT2D eigenvalue weighted by Crippen LogP contribution is -2.54. The first kappa shape index (κ1) is 17.5. The van der Waals surface area contributed by atoms with Crippen molar-refractivity contribution in [3.63, 3.8) is 0 Å². The fraction of sp³-hybridized carbons (Fsp3) is 0.211. The van der Waals surface area contributed by atoms with E-state index in [1.165, 1.54) is 6.08 Å². The third-order valence-corrected chi connectivity index (χ3v) is 4.19. The maximum Gasteiger partial charge on any atom is 0.335 e. The Balaban J connectivity index is 1.99. The van der Waals surface area contributed by atoms with Crippen LogP contribution in [0.3, 0.4) is 0 Å². The summed E-state index contributed by atoms with van der Waals surface area (Å²) in [6, 6.07) is 7.83. The lowest BCUT2D eigenvalue weighted by molar-refractivity contribution is -0.122. The van der Waals surface area contributed by atoms with Gasteiger partial charge >= 0.3 is 6.03 Å². The molecule has 0 unspecified atom stereocenters. The molecule has 7 nitrogen and oxygen atoms in total. The second-order valence-corrected chi connectivity index (χ2v) is 6.30. The van der Waals surface area contributed by atoms with E-state index in [1.54, 1.807) is 29.2 Å². The average Bonchev–Trinajstić information content (AvgIpc) is 3.03. The summed E-state index contributed by atoms with van der Waals surface area (Å²) >= 11 is 0. The van der Waals surface area contributed by atoms with E-state index in [0.717, 1.165) is 16.0 Å². The lowest BCUT2D eigenvalue weighted by Gasteiger charge is -2.26. The van der Waals surface area contributed by atoms with Crippen LogP contribution in [0.1, 0.15) is 16.9 Å². The van der Waals surface area contributed by atoms with Gasteiger partial charge in [0.25, 0.3) is 11.8 Å². The number of aryl methyl sites for hydroxylation is 2. The Bertz CT molecular complexity index is 940. The fourth-order valence-corrected chi connectivity index (χ4v) is 2.56. The topological polar surface area (TPSA) is 82.9 Å². The standard InChI is InChI=1S/C19H19N3O4/c1-11-5-6-13(9-12(11)2)22-18(24)15(17(23)20-19(22)25)10-14-7-8-16(26-14)21(3)4/h5-10H,1-4H3,(H,20,23,25). The van der Waals surface area contributed by atoms with E-state index in [4.69, 9.17) is 4.42 Å². The summed E-state index contributed by atoms with van der Waals surface area (Å²) in [5.74, 6) is -0.503. The molecule has 0 atom stereocenters. The normalized spacial score (nSPS) is 16.2. The molecule has 134 valence electrons. The van der Waals surface area contributed by atoms with Crippen molar-refractivity contribution < 1.29 is 18.8 Å². The minimum Gasteiger partial charge on any atom is -0.441 e. The van der Waals surface area contributed by atoms with Crippen molar-refractivity contribution >= 4 is 35.5 Å². The summed E-state index contributed by atoms with van der Waals surface area (Å²) in [6.45, 7) is 3.82. The Morgan fingerprint density at radius 2 is 1.77 bits per heavy atom. The van der Waals surface area contributed by atoms with Gasteiger partial charge in [0.1, 0.15) is 11.3 Å². The van der Waals surface area contributed by atoms with Gasteiger partial charge in [-0.3, -0.25) is 14.9 Å². The van der Waals surface area contributed by atoms with E-state index in [1.807, 2.05) is 34.0 Å². The Labute approximate surface area is 150 Å². The minimum absolute atomic E-state index is 0.164. The van der Waals surface area contributed by atoms with Crippen LogP contribution in [0.4, 0.5) is 16.4 Å². The molecule has 3 rings (SSSR count). The highest BCUT2D eigenvalue weighted by Crippen LogP contribution is 2.25. The molecular formula is C19H19N3O4. The van der Waals surface area contributed by atoms with Crippen LogP contribution in [0.25, 0.3) is 6.08 Å². The number of rotatable bonds is 3.